The number of pyridine rings is 1. The van der Waals surface area contributed by atoms with Crippen LogP contribution in [-0.4, -0.2) is 4.98 Å². The van der Waals surface area contributed by atoms with E-state index in [1.807, 2.05) is 0 Å². The van der Waals surface area contributed by atoms with E-state index in [-0.39, 0.29) is 0 Å². The molecule has 1 aromatic heterocycles. The number of fused-ring (bicyclic) bond motifs is 4. The van der Waals surface area contributed by atoms with Crippen molar-refractivity contribution >= 4 is 32.6 Å². The third-order valence-electron chi connectivity index (χ3n) is 3.99. The van der Waals surface area contributed by atoms with Crippen molar-refractivity contribution in [1.29, 1.82) is 0 Å². The van der Waals surface area contributed by atoms with Gasteiger partial charge in [0.1, 0.15) is 0 Å². The number of rotatable bonds is 0. The monoisotopic (exact) mass is 257 g/mol. The Bertz CT molecular complexity index is 967. The highest BCUT2D eigenvalue weighted by molar-refractivity contribution is 6.09. The van der Waals surface area contributed by atoms with Gasteiger partial charge in [-0.25, -0.2) is 4.98 Å². The van der Waals surface area contributed by atoms with Gasteiger partial charge in [-0.05, 0) is 42.5 Å². The molecule has 3 aromatic carbocycles. The fourth-order valence-electron chi connectivity index (χ4n) is 2.95. The molecule has 96 valence electrons. The van der Waals surface area contributed by atoms with Crippen LogP contribution < -0.4 is 0 Å². The summed E-state index contributed by atoms with van der Waals surface area (Å²) in [6.45, 7) is 4.27. The molecule has 0 saturated heterocycles. The lowest BCUT2D eigenvalue weighted by Gasteiger charge is -2.08. The number of aromatic nitrogens is 1. The average Bonchev–Trinajstić information content (AvgIpc) is 2.45. The van der Waals surface area contributed by atoms with Gasteiger partial charge in [-0.1, -0.05) is 42.5 Å². The first-order chi connectivity index (χ1) is 9.72. The second-order valence-corrected chi connectivity index (χ2v) is 5.49. The van der Waals surface area contributed by atoms with Crippen LogP contribution in [0.2, 0.25) is 0 Å². The lowest BCUT2D eigenvalue weighted by atomic mass is 10.0. The molecular formula is C19H15N. The van der Waals surface area contributed by atoms with Crippen LogP contribution in [0, 0.1) is 13.8 Å². The third kappa shape index (κ3) is 1.60. The van der Waals surface area contributed by atoms with Gasteiger partial charge >= 0.3 is 0 Å². The Kier molecular flexibility index (Phi) is 2.31. The van der Waals surface area contributed by atoms with Gasteiger partial charge in [0.2, 0.25) is 0 Å². The number of aryl methyl sites for hydroxylation is 2. The molecule has 20 heavy (non-hydrogen) atoms. The van der Waals surface area contributed by atoms with E-state index < -0.39 is 0 Å². The Morgan fingerprint density at radius 3 is 2.45 bits per heavy atom. The number of hydrogen-bond donors (Lipinski definition) is 0. The van der Waals surface area contributed by atoms with Crippen LogP contribution >= 0.6 is 0 Å². The van der Waals surface area contributed by atoms with Crippen LogP contribution in [0.25, 0.3) is 32.6 Å². The topological polar surface area (TPSA) is 12.9 Å². The Balaban J connectivity index is 2.26. The summed E-state index contributed by atoms with van der Waals surface area (Å²) in [6, 6.07) is 19.5. The number of hydrogen-bond acceptors (Lipinski definition) is 1. The Labute approximate surface area is 117 Å². The highest BCUT2D eigenvalue weighted by atomic mass is 14.7. The van der Waals surface area contributed by atoms with E-state index in [9.17, 15) is 0 Å². The highest BCUT2D eigenvalue weighted by Gasteiger charge is 2.06. The van der Waals surface area contributed by atoms with Crippen molar-refractivity contribution in [2.24, 2.45) is 0 Å². The molecule has 0 fully saturated rings. The van der Waals surface area contributed by atoms with Crippen LogP contribution in [0.3, 0.4) is 0 Å². The number of nitrogens with zero attached hydrogens (tertiary/aromatic N) is 1. The fourth-order valence-corrected chi connectivity index (χ4v) is 2.95. The van der Waals surface area contributed by atoms with Crippen LogP contribution in [0.15, 0.2) is 54.6 Å². The van der Waals surface area contributed by atoms with E-state index in [0.29, 0.717) is 0 Å². The molecule has 4 rings (SSSR count). The Hall–Kier alpha value is -2.41. The van der Waals surface area contributed by atoms with E-state index in [1.165, 1.54) is 32.7 Å². The standard InChI is InChI=1S/C19H15N/c1-12-6-7-15-11-16-9-8-14-5-3-4-13(2)18(14)19(16)20-17(15)10-12/h3-11H,1-2H3. The van der Waals surface area contributed by atoms with Crippen LogP contribution in [0.4, 0.5) is 0 Å². The van der Waals surface area contributed by atoms with Crippen LogP contribution in [0.5, 0.6) is 0 Å². The summed E-state index contributed by atoms with van der Waals surface area (Å²) >= 11 is 0. The minimum absolute atomic E-state index is 1.08. The summed E-state index contributed by atoms with van der Waals surface area (Å²) in [5, 5.41) is 4.95. The Morgan fingerprint density at radius 2 is 1.55 bits per heavy atom. The van der Waals surface area contributed by atoms with Gasteiger partial charge in [-0.15, -0.1) is 0 Å². The van der Waals surface area contributed by atoms with Crippen molar-refractivity contribution in [3.63, 3.8) is 0 Å². The molecule has 1 nitrogen and oxygen atoms in total. The Morgan fingerprint density at radius 1 is 0.750 bits per heavy atom. The second-order valence-electron chi connectivity index (χ2n) is 5.49. The molecule has 0 aliphatic carbocycles. The molecule has 4 aromatic rings. The third-order valence-corrected chi connectivity index (χ3v) is 3.99. The average molecular weight is 257 g/mol. The normalized spacial score (nSPS) is 11.5. The minimum Gasteiger partial charge on any atom is -0.247 e. The predicted octanol–water partition coefficient (Wildman–Crippen LogP) is 5.16. The smallest absolute Gasteiger partial charge is 0.0790 e. The minimum atomic E-state index is 1.08. The van der Waals surface area contributed by atoms with Crippen molar-refractivity contribution < 1.29 is 0 Å². The van der Waals surface area contributed by atoms with E-state index in [4.69, 9.17) is 4.98 Å². The van der Waals surface area contributed by atoms with E-state index in [1.54, 1.807) is 0 Å². The maximum absolute atomic E-state index is 4.93. The summed E-state index contributed by atoms with van der Waals surface area (Å²) in [5.41, 5.74) is 4.72. The van der Waals surface area contributed by atoms with Gasteiger partial charge in [0.05, 0.1) is 11.0 Å². The SMILES string of the molecule is Cc1ccc2cc3ccc4cccc(C)c4c3nc2c1. The van der Waals surface area contributed by atoms with Gasteiger partial charge in [0, 0.05) is 16.2 Å². The zero-order valence-electron chi connectivity index (χ0n) is 11.6. The first kappa shape index (κ1) is 11.4. The van der Waals surface area contributed by atoms with Gasteiger partial charge < -0.3 is 0 Å². The zero-order chi connectivity index (χ0) is 13.7. The largest absolute Gasteiger partial charge is 0.247 e. The summed E-state index contributed by atoms with van der Waals surface area (Å²) < 4.78 is 0. The lowest BCUT2D eigenvalue weighted by Crippen LogP contribution is -1.87. The number of benzene rings is 3. The summed E-state index contributed by atoms with van der Waals surface area (Å²) in [6.07, 6.45) is 0. The van der Waals surface area contributed by atoms with Crippen molar-refractivity contribution in [3.8, 4) is 0 Å². The molecular weight excluding hydrogens is 242 g/mol. The van der Waals surface area contributed by atoms with E-state index in [0.717, 1.165) is 11.0 Å². The summed E-state index contributed by atoms with van der Waals surface area (Å²) in [5.74, 6) is 0. The van der Waals surface area contributed by atoms with E-state index >= 15 is 0 Å². The molecule has 0 N–H and O–H groups in total. The van der Waals surface area contributed by atoms with Crippen molar-refractivity contribution in [1.82, 2.24) is 4.98 Å². The van der Waals surface area contributed by atoms with Crippen molar-refractivity contribution in [3.05, 3.63) is 65.7 Å². The molecule has 0 spiro atoms. The molecule has 0 atom stereocenters. The summed E-state index contributed by atoms with van der Waals surface area (Å²) in [7, 11) is 0. The zero-order valence-corrected chi connectivity index (χ0v) is 11.6. The highest BCUT2D eigenvalue weighted by Crippen LogP contribution is 2.29. The first-order valence-electron chi connectivity index (χ1n) is 6.92. The molecule has 0 amide bonds. The molecule has 0 saturated carbocycles. The van der Waals surface area contributed by atoms with Gasteiger partial charge in [-0.2, -0.15) is 0 Å². The van der Waals surface area contributed by atoms with E-state index in [2.05, 4.69) is 68.4 Å². The lowest BCUT2D eigenvalue weighted by molar-refractivity contribution is 1.44. The molecule has 1 heterocycles. The predicted molar refractivity (Wildman–Crippen MR) is 86.2 cm³/mol. The molecule has 0 bridgehead atoms. The van der Waals surface area contributed by atoms with Gasteiger partial charge in [0.15, 0.2) is 0 Å². The molecule has 0 radical (unpaired) electrons. The summed E-state index contributed by atoms with van der Waals surface area (Å²) in [4.78, 5) is 4.93. The fraction of sp³-hybridized carbons (Fsp3) is 0.105. The van der Waals surface area contributed by atoms with Gasteiger partial charge in [0.25, 0.3) is 0 Å². The second kappa shape index (κ2) is 4.04. The van der Waals surface area contributed by atoms with Crippen LogP contribution in [-0.2, 0) is 0 Å². The van der Waals surface area contributed by atoms with Crippen LogP contribution in [0.1, 0.15) is 11.1 Å². The molecule has 1 heteroatoms. The molecule has 0 aliphatic heterocycles. The van der Waals surface area contributed by atoms with Crippen molar-refractivity contribution in [2.75, 3.05) is 0 Å². The maximum atomic E-state index is 4.93. The molecule has 0 unspecified atom stereocenters. The maximum Gasteiger partial charge on any atom is 0.0790 e. The quantitative estimate of drug-likeness (QED) is 0.313. The van der Waals surface area contributed by atoms with Gasteiger partial charge in [-0.3, -0.25) is 0 Å². The molecule has 0 aliphatic rings. The first-order valence-corrected chi connectivity index (χ1v) is 6.92. The van der Waals surface area contributed by atoms with Crippen molar-refractivity contribution in [2.45, 2.75) is 13.8 Å².